The number of primary amides is 1. The van der Waals surface area contributed by atoms with E-state index in [1.807, 2.05) is 6.07 Å². The van der Waals surface area contributed by atoms with Crippen molar-refractivity contribution < 1.29 is 4.79 Å². The Balaban J connectivity index is 2.54. The first-order valence-corrected chi connectivity index (χ1v) is 6.09. The maximum Gasteiger partial charge on any atom is 0.250 e. The Kier molecular flexibility index (Phi) is 5.33. The third kappa shape index (κ3) is 3.98. The molecular weight excluding hydrogens is 214 g/mol. The topological polar surface area (TPSA) is 81.1 Å². The van der Waals surface area contributed by atoms with E-state index in [9.17, 15) is 4.79 Å². The maximum absolute atomic E-state index is 11.1. The first-order valence-electron chi connectivity index (χ1n) is 6.09. The molecule has 0 spiro atoms. The molecule has 0 bridgehead atoms. The molecule has 1 aromatic carbocycles. The zero-order valence-corrected chi connectivity index (χ0v) is 10.3. The Labute approximate surface area is 102 Å². The molecule has 0 fully saturated rings. The molecule has 0 aliphatic rings. The number of nitrogens with two attached hydrogens (primary N) is 2. The summed E-state index contributed by atoms with van der Waals surface area (Å²) in [7, 11) is 0. The van der Waals surface area contributed by atoms with E-state index >= 15 is 0 Å². The highest BCUT2D eigenvalue weighted by molar-refractivity contribution is 6.00. The van der Waals surface area contributed by atoms with Gasteiger partial charge < -0.3 is 16.8 Å². The van der Waals surface area contributed by atoms with Crippen LogP contribution in [0.25, 0.3) is 0 Å². The van der Waals surface area contributed by atoms with Crippen molar-refractivity contribution >= 4 is 17.3 Å². The summed E-state index contributed by atoms with van der Waals surface area (Å²) in [6.45, 7) is 3.05. The van der Waals surface area contributed by atoms with Crippen molar-refractivity contribution in [3.05, 3.63) is 23.8 Å². The molecule has 0 aliphatic heterocycles. The molecule has 0 saturated heterocycles. The Morgan fingerprint density at radius 1 is 1.29 bits per heavy atom. The lowest BCUT2D eigenvalue weighted by atomic mass is 10.1. The minimum atomic E-state index is -0.489. The number of amides is 1. The molecule has 1 aromatic rings. The predicted molar refractivity (Wildman–Crippen MR) is 72.0 cm³/mol. The smallest absolute Gasteiger partial charge is 0.250 e. The van der Waals surface area contributed by atoms with Crippen LogP contribution in [0.1, 0.15) is 43.0 Å². The number of para-hydroxylation sites is 1. The summed E-state index contributed by atoms with van der Waals surface area (Å²) in [5, 5.41) is 3.23. The summed E-state index contributed by atoms with van der Waals surface area (Å²) < 4.78 is 0. The molecule has 0 aromatic heterocycles. The average molecular weight is 235 g/mol. The number of rotatable bonds is 7. The van der Waals surface area contributed by atoms with Gasteiger partial charge in [0, 0.05) is 6.54 Å². The quantitative estimate of drug-likeness (QED) is 0.501. The van der Waals surface area contributed by atoms with E-state index < -0.39 is 5.91 Å². The minimum absolute atomic E-state index is 0.378. The fourth-order valence-corrected chi connectivity index (χ4v) is 1.71. The summed E-state index contributed by atoms with van der Waals surface area (Å²) >= 11 is 0. The second kappa shape index (κ2) is 6.78. The van der Waals surface area contributed by atoms with Gasteiger partial charge in [-0.1, -0.05) is 32.3 Å². The van der Waals surface area contributed by atoms with Crippen molar-refractivity contribution in [1.82, 2.24) is 0 Å². The van der Waals surface area contributed by atoms with Gasteiger partial charge in [0.1, 0.15) is 0 Å². The molecule has 0 radical (unpaired) electrons. The number of hydrogen-bond donors (Lipinski definition) is 3. The highest BCUT2D eigenvalue weighted by atomic mass is 16.1. The van der Waals surface area contributed by atoms with Gasteiger partial charge in [0.2, 0.25) is 0 Å². The van der Waals surface area contributed by atoms with Gasteiger partial charge in [-0.15, -0.1) is 0 Å². The van der Waals surface area contributed by atoms with Crippen LogP contribution in [0.3, 0.4) is 0 Å². The molecular formula is C13H21N3O. The second-order valence-corrected chi connectivity index (χ2v) is 4.12. The van der Waals surface area contributed by atoms with Crippen LogP contribution in [0.5, 0.6) is 0 Å². The fourth-order valence-electron chi connectivity index (χ4n) is 1.71. The Hall–Kier alpha value is -1.71. The number of hydrogen-bond acceptors (Lipinski definition) is 3. The van der Waals surface area contributed by atoms with Crippen molar-refractivity contribution in [2.75, 3.05) is 17.6 Å². The van der Waals surface area contributed by atoms with Crippen LogP contribution in [0.15, 0.2) is 18.2 Å². The third-order valence-corrected chi connectivity index (χ3v) is 2.72. The van der Waals surface area contributed by atoms with Gasteiger partial charge in [-0.3, -0.25) is 4.79 Å². The highest BCUT2D eigenvalue weighted by Gasteiger charge is 2.08. The van der Waals surface area contributed by atoms with Crippen molar-refractivity contribution in [1.29, 1.82) is 0 Å². The predicted octanol–water partition coefficient (Wildman–Crippen LogP) is 2.36. The van der Waals surface area contributed by atoms with Gasteiger partial charge in [0.15, 0.2) is 0 Å². The van der Waals surface area contributed by atoms with Gasteiger partial charge in [-0.2, -0.15) is 0 Å². The van der Waals surface area contributed by atoms with Crippen molar-refractivity contribution in [2.24, 2.45) is 5.73 Å². The number of unbranched alkanes of at least 4 members (excludes halogenated alkanes) is 3. The van der Waals surface area contributed by atoms with Crippen LogP contribution in [0.2, 0.25) is 0 Å². The van der Waals surface area contributed by atoms with E-state index in [1.165, 1.54) is 19.3 Å². The summed E-state index contributed by atoms with van der Waals surface area (Å²) in [6, 6.07) is 5.28. The molecule has 5 N–H and O–H groups in total. The molecule has 17 heavy (non-hydrogen) atoms. The molecule has 0 unspecified atom stereocenters. The molecule has 0 heterocycles. The van der Waals surface area contributed by atoms with E-state index in [-0.39, 0.29) is 0 Å². The molecule has 94 valence electrons. The lowest BCUT2D eigenvalue weighted by molar-refractivity contribution is 0.100. The largest absolute Gasteiger partial charge is 0.396 e. The molecule has 4 heteroatoms. The van der Waals surface area contributed by atoms with Gasteiger partial charge in [-0.25, -0.2) is 0 Å². The lowest BCUT2D eigenvalue weighted by Gasteiger charge is -2.11. The van der Waals surface area contributed by atoms with Crippen LogP contribution in [0.4, 0.5) is 11.4 Å². The standard InChI is InChI=1S/C13H21N3O/c1-2-3-4-5-9-16-11-8-6-7-10(12(11)14)13(15)17/h6-8,16H,2-5,9,14H2,1H3,(H2,15,17). The normalized spacial score (nSPS) is 10.2. The lowest BCUT2D eigenvalue weighted by Crippen LogP contribution is -2.15. The number of nitrogens with one attached hydrogen (secondary N) is 1. The number of carbonyl (C=O) groups excluding carboxylic acids is 1. The molecule has 0 aliphatic carbocycles. The fraction of sp³-hybridized carbons (Fsp3) is 0.462. The molecule has 4 nitrogen and oxygen atoms in total. The van der Waals surface area contributed by atoms with Crippen LogP contribution < -0.4 is 16.8 Å². The van der Waals surface area contributed by atoms with Crippen LogP contribution >= 0.6 is 0 Å². The van der Waals surface area contributed by atoms with Crippen molar-refractivity contribution in [3.8, 4) is 0 Å². The molecule has 1 rings (SSSR count). The van der Waals surface area contributed by atoms with Gasteiger partial charge >= 0.3 is 0 Å². The zero-order chi connectivity index (χ0) is 12.7. The first-order chi connectivity index (χ1) is 8.16. The summed E-state index contributed by atoms with van der Waals surface area (Å²) in [5.74, 6) is -0.489. The van der Waals surface area contributed by atoms with E-state index in [1.54, 1.807) is 12.1 Å². The zero-order valence-electron chi connectivity index (χ0n) is 10.3. The first kappa shape index (κ1) is 13.4. The Morgan fingerprint density at radius 2 is 2.06 bits per heavy atom. The van der Waals surface area contributed by atoms with E-state index in [0.29, 0.717) is 11.3 Å². The third-order valence-electron chi connectivity index (χ3n) is 2.72. The van der Waals surface area contributed by atoms with Crippen LogP contribution in [0, 0.1) is 0 Å². The SMILES string of the molecule is CCCCCCNc1cccc(C(N)=O)c1N. The number of anilines is 2. The summed E-state index contributed by atoms with van der Waals surface area (Å²) in [6.07, 6.45) is 4.78. The highest BCUT2D eigenvalue weighted by Crippen LogP contribution is 2.22. The van der Waals surface area contributed by atoms with Gasteiger partial charge in [0.25, 0.3) is 5.91 Å². The summed E-state index contributed by atoms with van der Waals surface area (Å²) in [4.78, 5) is 11.1. The van der Waals surface area contributed by atoms with Crippen molar-refractivity contribution in [2.45, 2.75) is 32.6 Å². The number of nitrogen functional groups attached to an aromatic ring is 1. The maximum atomic E-state index is 11.1. The number of benzene rings is 1. The Morgan fingerprint density at radius 3 is 2.71 bits per heavy atom. The molecule has 0 atom stereocenters. The van der Waals surface area contributed by atoms with E-state index in [4.69, 9.17) is 11.5 Å². The molecule has 0 saturated carbocycles. The monoisotopic (exact) mass is 235 g/mol. The Bertz CT molecular complexity index is 377. The average Bonchev–Trinajstić information content (AvgIpc) is 2.30. The molecule has 1 amide bonds. The van der Waals surface area contributed by atoms with Gasteiger partial charge in [-0.05, 0) is 18.6 Å². The van der Waals surface area contributed by atoms with Crippen LogP contribution in [-0.2, 0) is 0 Å². The van der Waals surface area contributed by atoms with E-state index in [0.717, 1.165) is 18.7 Å². The van der Waals surface area contributed by atoms with E-state index in [2.05, 4.69) is 12.2 Å². The second-order valence-electron chi connectivity index (χ2n) is 4.12. The van der Waals surface area contributed by atoms with Gasteiger partial charge in [0.05, 0.1) is 16.9 Å². The minimum Gasteiger partial charge on any atom is -0.396 e. The number of carbonyl (C=O) groups is 1. The van der Waals surface area contributed by atoms with Crippen LogP contribution in [-0.4, -0.2) is 12.5 Å². The summed E-state index contributed by atoms with van der Waals surface area (Å²) in [5.41, 5.74) is 12.7. The van der Waals surface area contributed by atoms with Crippen molar-refractivity contribution in [3.63, 3.8) is 0 Å².